The van der Waals surface area contributed by atoms with Crippen LogP contribution in [0.4, 0.5) is 5.95 Å². The first-order valence-corrected chi connectivity index (χ1v) is 9.35. The van der Waals surface area contributed by atoms with Gasteiger partial charge in [0.15, 0.2) is 11.2 Å². The van der Waals surface area contributed by atoms with Gasteiger partial charge in [0.25, 0.3) is 5.56 Å². The molecule has 0 aliphatic carbocycles. The molecule has 154 valence electrons. The summed E-state index contributed by atoms with van der Waals surface area (Å²) in [5.41, 5.74) is 0.534. The lowest BCUT2D eigenvalue weighted by atomic mass is 10.1. The van der Waals surface area contributed by atoms with Crippen molar-refractivity contribution in [3.8, 4) is 0 Å². The van der Waals surface area contributed by atoms with Gasteiger partial charge in [0.2, 0.25) is 5.95 Å². The smallest absolute Gasteiger partial charge is 0.329 e. The van der Waals surface area contributed by atoms with Crippen LogP contribution >= 0.6 is 0 Å². The van der Waals surface area contributed by atoms with Gasteiger partial charge in [0.05, 0.1) is 25.9 Å². The first-order valence-electron chi connectivity index (χ1n) is 9.35. The van der Waals surface area contributed by atoms with E-state index in [0.29, 0.717) is 19.1 Å². The number of fused-ring (bicyclic) bond motifs is 1. The van der Waals surface area contributed by atoms with Gasteiger partial charge < -0.3 is 19.7 Å². The first kappa shape index (κ1) is 20.6. The maximum absolute atomic E-state index is 12.4. The third kappa shape index (κ3) is 4.82. The third-order valence-corrected chi connectivity index (χ3v) is 4.49. The Morgan fingerprint density at radius 2 is 2.10 bits per heavy atom. The molecule has 3 rings (SSSR count). The van der Waals surface area contributed by atoms with Crippen LogP contribution in [0, 0.1) is 0 Å². The number of anilines is 1. The molecule has 0 bridgehead atoms. The average Bonchev–Trinajstić information content (AvgIpc) is 3.06. The van der Waals surface area contributed by atoms with Gasteiger partial charge in [0.1, 0.15) is 0 Å². The second kappa shape index (κ2) is 9.35. The van der Waals surface area contributed by atoms with Gasteiger partial charge in [-0.25, -0.2) is 4.79 Å². The zero-order valence-electron chi connectivity index (χ0n) is 16.3. The molecule has 9 nitrogen and oxygen atoms in total. The van der Waals surface area contributed by atoms with Gasteiger partial charge in [-0.3, -0.25) is 14.3 Å². The lowest BCUT2D eigenvalue weighted by molar-refractivity contribution is 0.0405. The van der Waals surface area contributed by atoms with E-state index in [4.69, 9.17) is 4.74 Å². The molecule has 0 saturated heterocycles. The van der Waals surface area contributed by atoms with E-state index in [1.54, 1.807) is 10.6 Å². The average molecular weight is 399 g/mol. The summed E-state index contributed by atoms with van der Waals surface area (Å²) in [6.45, 7) is 4.63. The van der Waals surface area contributed by atoms with Crippen molar-refractivity contribution < 1.29 is 9.84 Å². The largest absolute Gasteiger partial charge is 0.389 e. The fraction of sp³-hybridized carbons (Fsp3) is 0.350. The van der Waals surface area contributed by atoms with Crippen LogP contribution in [0.25, 0.3) is 11.2 Å². The van der Waals surface area contributed by atoms with E-state index in [9.17, 15) is 14.7 Å². The summed E-state index contributed by atoms with van der Waals surface area (Å²) < 4.78 is 8.15. The number of hydrogen-bond acceptors (Lipinski definition) is 6. The zero-order chi connectivity index (χ0) is 20.8. The third-order valence-electron chi connectivity index (χ3n) is 4.49. The summed E-state index contributed by atoms with van der Waals surface area (Å²) in [5, 5.41) is 13.5. The van der Waals surface area contributed by atoms with Crippen molar-refractivity contribution in [1.29, 1.82) is 0 Å². The molecule has 1 aromatic carbocycles. The van der Waals surface area contributed by atoms with Crippen molar-refractivity contribution in [2.75, 3.05) is 25.1 Å². The van der Waals surface area contributed by atoms with Crippen LogP contribution in [-0.4, -0.2) is 50.1 Å². The molecule has 0 spiro atoms. The molecule has 29 heavy (non-hydrogen) atoms. The SMILES string of the molecule is C=CCOCC(O)Cn1c(NCCc2ccccc2)nc2c1c(=O)[nH]c(=O)n2C. The summed E-state index contributed by atoms with van der Waals surface area (Å²) in [7, 11) is 1.54. The molecular weight excluding hydrogens is 374 g/mol. The lowest BCUT2D eigenvalue weighted by Gasteiger charge is -2.15. The number of benzene rings is 1. The number of hydrogen-bond donors (Lipinski definition) is 3. The van der Waals surface area contributed by atoms with E-state index in [2.05, 4.69) is 21.9 Å². The number of aliphatic hydroxyl groups is 1. The normalized spacial score (nSPS) is 12.2. The van der Waals surface area contributed by atoms with Crippen LogP contribution in [0.1, 0.15) is 5.56 Å². The highest BCUT2D eigenvalue weighted by Gasteiger charge is 2.19. The van der Waals surface area contributed by atoms with Crippen molar-refractivity contribution in [3.63, 3.8) is 0 Å². The molecular formula is C20H25N5O4. The molecule has 2 heterocycles. The second-order valence-electron chi connectivity index (χ2n) is 6.68. The molecule has 0 aliphatic heterocycles. The molecule has 3 aromatic rings. The van der Waals surface area contributed by atoms with E-state index in [1.165, 1.54) is 11.6 Å². The molecule has 3 N–H and O–H groups in total. The molecule has 9 heteroatoms. The molecule has 1 unspecified atom stereocenters. The van der Waals surface area contributed by atoms with Gasteiger partial charge >= 0.3 is 5.69 Å². The van der Waals surface area contributed by atoms with Gasteiger partial charge in [-0.15, -0.1) is 6.58 Å². The number of aryl methyl sites for hydroxylation is 1. The summed E-state index contributed by atoms with van der Waals surface area (Å²) >= 11 is 0. The summed E-state index contributed by atoms with van der Waals surface area (Å²) in [5.74, 6) is 0.408. The number of imidazole rings is 1. The Hall–Kier alpha value is -3.17. The van der Waals surface area contributed by atoms with Crippen molar-refractivity contribution in [2.45, 2.75) is 19.1 Å². The molecule has 0 aliphatic rings. The van der Waals surface area contributed by atoms with Gasteiger partial charge in [0, 0.05) is 13.6 Å². The van der Waals surface area contributed by atoms with E-state index in [-0.39, 0.29) is 24.3 Å². The Balaban J connectivity index is 1.88. The van der Waals surface area contributed by atoms with Gasteiger partial charge in [-0.2, -0.15) is 4.98 Å². The number of aromatic nitrogens is 4. The summed E-state index contributed by atoms with van der Waals surface area (Å²) in [4.78, 5) is 31.1. The number of aliphatic hydroxyl groups excluding tert-OH is 1. The Morgan fingerprint density at radius 3 is 2.83 bits per heavy atom. The van der Waals surface area contributed by atoms with Crippen molar-refractivity contribution in [2.24, 2.45) is 7.05 Å². The number of H-pyrrole nitrogens is 1. The molecule has 2 aromatic heterocycles. The quantitative estimate of drug-likeness (QED) is 0.341. The predicted molar refractivity (Wildman–Crippen MR) is 111 cm³/mol. The van der Waals surface area contributed by atoms with Crippen molar-refractivity contribution in [1.82, 2.24) is 19.1 Å². The molecule has 0 amide bonds. The first-order chi connectivity index (χ1) is 14.0. The highest BCUT2D eigenvalue weighted by molar-refractivity contribution is 5.74. The van der Waals surface area contributed by atoms with Crippen LogP contribution in [-0.2, 0) is 24.8 Å². The number of nitrogens with zero attached hydrogens (tertiary/aromatic N) is 3. The summed E-state index contributed by atoms with van der Waals surface area (Å²) in [6, 6.07) is 9.96. The van der Waals surface area contributed by atoms with Crippen LogP contribution in [0.15, 0.2) is 52.6 Å². The minimum atomic E-state index is -0.862. The minimum absolute atomic E-state index is 0.0822. The Kier molecular flexibility index (Phi) is 6.63. The van der Waals surface area contributed by atoms with Crippen molar-refractivity contribution >= 4 is 17.1 Å². The predicted octanol–water partition coefficient (Wildman–Crippen LogP) is 0.641. The molecule has 0 saturated carbocycles. The minimum Gasteiger partial charge on any atom is -0.389 e. The Labute approximate surface area is 167 Å². The van der Waals surface area contributed by atoms with E-state index in [0.717, 1.165) is 12.0 Å². The van der Waals surface area contributed by atoms with Crippen LogP contribution < -0.4 is 16.6 Å². The highest BCUT2D eigenvalue weighted by atomic mass is 16.5. The Bertz CT molecular complexity index is 1080. The van der Waals surface area contributed by atoms with Gasteiger partial charge in [-0.05, 0) is 12.0 Å². The molecule has 0 radical (unpaired) electrons. The van der Waals surface area contributed by atoms with Gasteiger partial charge in [-0.1, -0.05) is 36.4 Å². The maximum Gasteiger partial charge on any atom is 0.329 e. The fourth-order valence-electron chi connectivity index (χ4n) is 3.06. The topological polar surface area (TPSA) is 114 Å². The fourth-order valence-corrected chi connectivity index (χ4v) is 3.06. The maximum atomic E-state index is 12.4. The summed E-state index contributed by atoms with van der Waals surface area (Å²) in [6.07, 6.45) is 1.49. The van der Waals surface area contributed by atoms with Crippen molar-refractivity contribution in [3.05, 3.63) is 69.4 Å². The van der Waals surface area contributed by atoms with E-state index in [1.807, 2.05) is 30.3 Å². The Morgan fingerprint density at radius 1 is 1.34 bits per heavy atom. The van der Waals surface area contributed by atoms with Crippen LogP contribution in [0.3, 0.4) is 0 Å². The standard InChI is InChI=1S/C20H25N5O4/c1-3-11-29-13-15(26)12-25-16-17(24(2)20(28)23-18(16)27)22-19(25)21-10-9-14-7-5-4-6-8-14/h3-8,15,26H,1,9-13H2,2H3,(H,21,22)(H,23,27,28). The number of ether oxygens (including phenoxy) is 1. The monoisotopic (exact) mass is 399 g/mol. The second-order valence-corrected chi connectivity index (χ2v) is 6.68. The number of nitrogens with one attached hydrogen (secondary N) is 2. The molecule has 0 fully saturated rings. The number of rotatable bonds is 10. The molecule has 1 atom stereocenters. The van der Waals surface area contributed by atoms with Crippen LogP contribution in [0.2, 0.25) is 0 Å². The lowest BCUT2D eigenvalue weighted by Crippen LogP contribution is -2.30. The van der Waals surface area contributed by atoms with E-state index < -0.39 is 17.4 Å². The van der Waals surface area contributed by atoms with E-state index >= 15 is 0 Å². The highest BCUT2D eigenvalue weighted by Crippen LogP contribution is 2.16. The number of aromatic amines is 1. The zero-order valence-corrected chi connectivity index (χ0v) is 16.3. The van der Waals surface area contributed by atoms with Crippen LogP contribution in [0.5, 0.6) is 0 Å².